The summed E-state index contributed by atoms with van der Waals surface area (Å²) in [6.07, 6.45) is -8.51. The Bertz CT molecular complexity index is 887. The van der Waals surface area contributed by atoms with Crippen molar-refractivity contribution in [3.63, 3.8) is 0 Å². The fourth-order valence-electron chi connectivity index (χ4n) is 2.12. The van der Waals surface area contributed by atoms with Crippen molar-refractivity contribution in [1.82, 2.24) is 0 Å². The normalized spacial score (nSPS) is 12.8. The molecule has 0 radical (unpaired) electrons. The number of rotatable bonds is 3. The predicted molar refractivity (Wildman–Crippen MR) is 91.3 cm³/mol. The number of thiophene rings is 2. The molecule has 0 saturated heterocycles. The first-order valence-electron chi connectivity index (χ1n) is 7.10. The van der Waals surface area contributed by atoms with Crippen molar-refractivity contribution in [2.45, 2.75) is 12.4 Å². The third-order valence-electron chi connectivity index (χ3n) is 3.30. The van der Waals surface area contributed by atoms with Crippen LogP contribution in [0.1, 0.15) is 16.0 Å². The molecule has 0 atom stereocenters. The molecule has 9 heteroatoms. The zero-order valence-electron chi connectivity index (χ0n) is 12.7. The monoisotopic (exact) mass is 405 g/mol. The Morgan fingerprint density at radius 1 is 0.808 bits per heavy atom. The lowest BCUT2D eigenvalue weighted by Gasteiger charge is -2.12. The maximum Gasteiger partial charge on any atom is 0.416 e. The topological polar surface area (TPSA) is 12.4 Å². The molecule has 0 bridgehead atoms. The number of hydrogen-bond acceptors (Lipinski definition) is 3. The lowest BCUT2D eigenvalue weighted by Crippen LogP contribution is -2.10. The number of aliphatic imine (C=N–C) groups is 1. The number of benzene rings is 1. The first-order chi connectivity index (χ1) is 12.1. The van der Waals surface area contributed by atoms with Gasteiger partial charge in [0, 0.05) is 20.8 Å². The third-order valence-corrected chi connectivity index (χ3v) is 5.39. The van der Waals surface area contributed by atoms with Crippen LogP contribution in [-0.4, -0.2) is 6.21 Å². The van der Waals surface area contributed by atoms with Gasteiger partial charge in [0.15, 0.2) is 0 Å². The molecule has 0 fully saturated rings. The molecule has 136 valence electrons. The minimum Gasteiger partial charge on any atom is -0.255 e. The zero-order valence-corrected chi connectivity index (χ0v) is 14.4. The molecule has 0 amide bonds. The molecule has 0 aliphatic heterocycles. The zero-order chi connectivity index (χ0) is 18.9. The van der Waals surface area contributed by atoms with Crippen LogP contribution in [-0.2, 0) is 12.4 Å². The number of alkyl halides is 6. The van der Waals surface area contributed by atoms with Crippen molar-refractivity contribution in [3.05, 3.63) is 63.8 Å². The molecule has 0 spiro atoms. The summed E-state index contributed by atoms with van der Waals surface area (Å²) in [5.74, 6) is 0. The summed E-state index contributed by atoms with van der Waals surface area (Å²) < 4.78 is 77.1. The van der Waals surface area contributed by atoms with Crippen LogP contribution in [0.2, 0.25) is 0 Å². The van der Waals surface area contributed by atoms with Gasteiger partial charge < -0.3 is 0 Å². The largest absolute Gasteiger partial charge is 0.416 e. The van der Waals surface area contributed by atoms with Gasteiger partial charge in [-0.15, -0.1) is 22.7 Å². The summed E-state index contributed by atoms with van der Waals surface area (Å²) in [5.41, 5.74) is -3.17. The predicted octanol–water partition coefficient (Wildman–Crippen LogP) is 7.26. The molecule has 2 aromatic heterocycles. The highest BCUT2D eigenvalue weighted by Gasteiger charge is 2.36. The van der Waals surface area contributed by atoms with Gasteiger partial charge in [0.2, 0.25) is 0 Å². The van der Waals surface area contributed by atoms with E-state index in [1.54, 1.807) is 6.07 Å². The van der Waals surface area contributed by atoms with Crippen LogP contribution in [0.25, 0.3) is 9.75 Å². The van der Waals surface area contributed by atoms with Crippen LogP contribution in [0.5, 0.6) is 0 Å². The van der Waals surface area contributed by atoms with E-state index in [-0.39, 0.29) is 6.07 Å². The minimum atomic E-state index is -4.89. The number of hydrogen-bond donors (Lipinski definition) is 0. The van der Waals surface area contributed by atoms with E-state index in [2.05, 4.69) is 4.99 Å². The molecule has 0 N–H and O–H groups in total. The van der Waals surface area contributed by atoms with Gasteiger partial charge in [-0.05, 0) is 41.8 Å². The highest BCUT2D eigenvalue weighted by atomic mass is 32.1. The van der Waals surface area contributed by atoms with Crippen molar-refractivity contribution in [1.29, 1.82) is 0 Å². The van der Waals surface area contributed by atoms with Crippen molar-refractivity contribution in [3.8, 4) is 9.75 Å². The van der Waals surface area contributed by atoms with E-state index in [0.29, 0.717) is 17.0 Å². The van der Waals surface area contributed by atoms with Gasteiger partial charge in [-0.3, -0.25) is 4.99 Å². The summed E-state index contributed by atoms with van der Waals surface area (Å²) >= 11 is 2.88. The van der Waals surface area contributed by atoms with E-state index in [1.165, 1.54) is 28.9 Å². The molecular weight excluding hydrogens is 396 g/mol. The molecule has 2 heterocycles. The van der Waals surface area contributed by atoms with Crippen molar-refractivity contribution < 1.29 is 26.3 Å². The van der Waals surface area contributed by atoms with Gasteiger partial charge >= 0.3 is 12.4 Å². The Balaban J connectivity index is 1.92. The average Bonchev–Trinajstić information content (AvgIpc) is 3.22. The van der Waals surface area contributed by atoms with Gasteiger partial charge in [-0.2, -0.15) is 26.3 Å². The Kier molecular flexibility index (Phi) is 4.94. The van der Waals surface area contributed by atoms with E-state index < -0.39 is 29.2 Å². The van der Waals surface area contributed by atoms with Crippen LogP contribution in [0.15, 0.2) is 52.8 Å². The molecule has 1 nitrogen and oxygen atoms in total. The Morgan fingerprint density at radius 3 is 2.00 bits per heavy atom. The Morgan fingerprint density at radius 2 is 1.46 bits per heavy atom. The second kappa shape index (κ2) is 6.88. The van der Waals surface area contributed by atoms with Gasteiger partial charge in [0.05, 0.1) is 16.8 Å². The highest BCUT2D eigenvalue weighted by Crippen LogP contribution is 2.38. The fraction of sp³-hybridized carbons (Fsp3) is 0.118. The SMILES string of the molecule is FC(F)(F)c1cc(N=Cc2ccc(-c3cccs3)s2)cc(C(F)(F)F)c1. The van der Waals surface area contributed by atoms with Crippen molar-refractivity contribution in [2.24, 2.45) is 4.99 Å². The molecule has 0 saturated carbocycles. The summed E-state index contributed by atoms with van der Waals surface area (Å²) in [6.45, 7) is 0. The molecule has 0 aliphatic carbocycles. The van der Waals surface area contributed by atoms with E-state index in [4.69, 9.17) is 0 Å². The maximum atomic E-state index is 12.8. The molecule has 3 rings (SSSR count). The quantitative estimate of drug-likeness (QED) is 0.321. The van der Waals surface area contributed by atoms with Gasteiger partial charge in [0.1, 0.15) is 0 Å². The van der Waals surface area contributed by atoms with Gasteiger partial charge in [0.25, 0.3) is 0 Å². The van der Waals surface area contributed by atoms with Crippen LogP contribution < -0.4 is 0 Å². The van der Waals surface area contributed by atoms with Gasteiger partial charge in [-0.25, -0.2) is 0 Å². The molecular formula is C17H9F6NS2. The highest BCUT2D eigenvalue weighted by molar-refractivity contribution is 7.22. The Hall–Kier alpha value is -2.13. The first-order valence-corrected chi connectivity index (χ1v) is 8.80. The van der Waals surface area contributed by atoms with E-state index in [1.807, 2.05) is 23.6 Å². The summed E-state index contributed by atoms with van der Waals surface area (Å²) in [5, 5.41) is 1.91. The number of nitrogens with zero attached hydrogens (tertiary/aromatic N) is 1. The lowest BCUT2D eigenvalue weighted by molar-refractivity contribution is -0.143. The van der Waals surface area contributed by atoms with Crippen LogP contribution in [0, 0.1) is 0 Å². The van der Waals surface area contributed by atoms with E-state index in [0.717, 1.165) is 9.75 Å². The molecule has 3 aromatic rings. The summed E-state index contributed by atoms with van der Waals surface area (Å²) in [7, 11) is 0. The standard InChI is InChI=1S/C17H9F6NS2/c18-16(19,20)10-6-11(17(21,22)23)8-12(7-10)24-9-13-3-4-15(26-13)14-2-1-5-25-14/h1-9H. The number of halogens is 6. The van der Waals surface area contributed by atoms with E-state index >= 15 is 0 Å². The van der Waals surface area contributed by atoms with Crippen LogP contribution >= 0.6 is 22.7 Å². The molecule has 1 aromatic carbocycles. The summed E-state index contributed by atoms with van der Waals surface area (Å²) in [4.78, 5) is 6.40. The third kappa shape index (κ3) is 4.34. The van der Waals surface area contributed by atoms with Gasteiger partial charge in [-0.1, -0.05) is 6.07 Å². The van der Waals surface area contributed by atoms with E-state index in [9.17, 15) is 26.3 Å². The van der Waals surface area contributed by atoms with Crippen LogP contribution in [0.4, 0.5) is 32.0 Å². The smallest absolute Gasteiger partial charge is 0.255 e. The maximum absolute atomic E-state index is 12.8. The first kappa shape index (κ1) is 18.7. The second-order valence-corrected chi connectivity index (χ2v) is 7.26. The fourth-order valence-corrected chi connectivity index (χ4v) is 3.84. The summed E-state index contributed by atoms with van der Waals surface area (Å²) in [6, 6.07) is 8.61. The van der Waals surface area contributed by atoms with Crippen LogP contribution in [0.3, 0.4) is 0 Å². The Labute approximate surface area is 152 Å². The molecule has 0 aliphatic rings. The molecule has 0 unspecified atom stereocenters. The van der Waals surface area contributed by atoms with Crippen molar-refractivity contribution in [2.75, 3.05) is 0 Å². The second-order valence-electron chi connectivity index (χ2n) is 5.20. The lowest BCUT2D eigenvalue weighted by atomic mass is 10.1. The van der Waals surface area contributed by atoms with Crippen molar-refractivity contribution >= 4 is 34.6 Å². The minimum absolute atomic E-state index is 0.0824. The average molecular weight is 405 g/mol. The molecule has 26 heavy (non-hydrogen) atoms.